The minimum absolute atomic E-state index is 0.0302. The van der Waals surface area contributed by atoms with Crippen LogP contribution in [0.4, 0.5) is 15.2 Å². The fourth-order valence-electron chi connectivity index (χ4n) is 3.29. The lowest BCUT2D eigenvalue weighted by Crippen LogP contribution is -2.39. The lowest BCUT2D eigenvalue weighted by Gasteiger charge is -2.31. The summed E-state index contributed by atoms with van der Waals surface area (Å²) < 4.78 is 13.3. The van der Waals surface area contributed by atoms with Crippen LogP contribution in [0, 0.1) is 17.2 Å². The number of hydrogen-bond donors (Lipinski definition) is 1. The van der Waals surface area contributed by atoms with E-state index in [1.165, 1.54) is 12.1 Å². The molecule has 1 N–H and O–H groups in total. The van der Waals surface area contributed by atoms with Crippen molar-refractivity contribution in [3.8, 4) is 0 Å². The summed E-state index contributed by atoms with van der Waals surface area (Å²) in [5, 5.41) is 12.2. The Morgan fingerprint density at radius 1 is 1.29 bits per heavy atom. The lowest BCUT2D eigenvalue weighted by molar-refractivity contribution is -0.125. The second-order valence-electron chi connectivity index (χ2n) is 8.35. The van der Waals surface area contributed by atoms with E-state index < -0.39 is 5.41 Å². The number of aliphatic hydroxyl groups is 1. The van der Waals surface area contributed by atoms with Gasteiger partial charge >= 0.3 is 0 Å². The van der Waals surface area contributed by atoms with E-state index in [0.717, 1.165) is 36.8 Å². The van der Waals surface area contributed by atoms with Crippen molar-refractivity contribution in [3.05, 3.63) is 41.2 Å². The van der Waals surface area contributed by atoms with E-state index in [-0.39, 0.29) is 18.3 Å². The molecule has 0 saturated carbocycles. The van der Waals surface area contributed by atoms with Crippen molar-refractivity contribution < 1.29 is 14.3 Å². The summed E-state index contributed by atoms with van der Waals surface area (Å²) in [5.74, 6) is 0.0283. The van der Waals surface area contributed by atoms with Gasteiger partial charge < -0.3 is 14.9 Å². The molecule has 152 valence electrons. The molecule has 2 heterocycles. The molecular weight excluding hydrogens is 377 g/mol. The molecule has 1 saturated heterocycles. The number of halogens is 1. The van der Waals surface area contributed by atoms with Crippen LogP contribution in [0.5, 0.6) is 0 Å². The molecule has 1 aliphatic rings. The summed E-state index contributed by atoms with van der Waals surface area (Å²) >= 11 is 1.58. The van der Waals surface area contributed by atoms with Crippen molar-refractivity contribution >= 4 is 28.1 Å². The first-order chi connectivity index (χ1) is 13.3. The number of thiazole rings is 1. The van der Waals surface area contributed by atoms with Gasteiger partial charge in [-0.15, -0.1) is 11.3 Å². The summed E-state index contributed by atoms with van der Waals surface area (Å²) in [7, 11) is 0. The van der Waals surface area contributed by atoms with Gasteiger partial charge in [0, 0.05) is 36.2 Å². The number of anilines is 2. The number of aliphatic hydroxyl groups excluding tert-OH is 1. The SMILES string of the molecule is CC(C)(C)C(=O)N(Cc1csc(N2CCC(CO)CC2)n1)c1ccc(F)cc1. The van der Waals surface area contributed by atoms with E-state index in [1.807, 2.05) is 26.2 Å². The monoisotopic (exact) mass is 405 g/mol. The van der Waals surface area contributed by atoms with E-state index >= 15 is 0 Å². The van der Waals surface area contributed by atoms with Crippen LogP contribution < -0.4 is 9.80 Å². The third-order valence-electron chi connectivity index (χ3n) is 5.03. The van der Waals surface area contributed by atoms with E-state index in [4.69, 9.17) is 4.98 Å². The number of nitrogens with zero attached hydrogens (tertiary/aromatic N) is 3. The Morgan fingerprint density at radius 2 is 1.93 bits per heavy atom. The van der Waals surface area contributed by atoms with Crippen molar-refractivity contribution in [1.29, 1.82) is 0 Å². The highest BCUT2D eigenvalue weighted by molar-refractivity contribution is 7.13. The molecule has 0 aliphatic carbocycles. The van der Waals surface area contributed by atoms with Gasteiger partial charge in [0.05, 0.1) is 12.2 Å². The summed E-state index contributed by atoms with van der Waals surface area (Å²) in [5.41, 5.74) is 0.935. The number of piperidine rings is 1. The molecule has 3 rings (SSSR count). The maximum Gasteiger partial charge on any atom is 0.232 e. The first-order valence-electron chi connectivity index (χ1n) is 9.65. The molecule has 2 aromatic rings. The van der Waals surface area contributed by atoms with Crippen LogP contribution in [0.3, 0.4) is 0 Å². The minimum atomic E-state index is -0.556. The standard InChI is InChI=1S/C21H28FN3O2S/c1-21(2,3)19(27)25(18-6-4-16(22)5-7-18)12-17-14-28-20(23-17)24-10-8-15(13-26)9-11-24/h4-7,14-15,26H,8-13H2,1-3H3. The molecule has 0 atom stereocenters. The average Bonchev–Trinajstić information content (AvgIpc) is 3.14. The van der Waals surface area contributed by atoms with Crippen molar-refractivity contribution in [3.63, 3.8) is 0 Å². The Balaban J connectivity index is 1.77. The normalized spacial score (nSPS) is 15.7. The largest absolute Gasteiger partial charge is 0.396 e. The van der Waals surface area contributed by atoms with E-state index in [1.54, 1.807) is 28.4 Å². The zero-order chi connectivity index (χ0) is 20.3. The van der Waals surface area contributed by atoms with Gasteiger partial charge in [0.2, 0.25) is 5.91 Å². The fraction of sp³-hybridized carbons (Fsp3) is 0.524. The predicted octanol–water partition coefficient (Wildman–Crippen LogP) is 4.07. The molecule has 5 nitrogen and oxygen atoms in total. The van der Waals surface area contributed by atoms with E-state index in [2.05, 4.69) is 4.90 Å². The lowest BCUT2D eigenvalue weighted by atomic mass is 9.94. The van der Waals surface area contributed by atoms with Crippen LogP contribution in [0.25, 0.3) is 0 Å². The van der Waals surface area contributed by atoms with Gasteiger partial charge in [0.15, 0.2) is 5.13 Å². The minimum Gasteiger partial charge on any atom is -0.396 e. The molecule has 0 unspecified atom stereocenters. The van der Waals surface area contributed by atoms with Crippen molar-refractivity contribution in [2.75, 3.05) is 29.5 Å². The van der Waals surface area contributed by atoms with Gasteiger partial charge in [-0.05, 0) is 43.0 Å². The molecule has 1 aromatic carbocycles. The Hall–Kier alpha value is -1.99. The molecule has 7 heteroatoms. The fourth-order valence-corrected chi connectivity index (χ4v) is 4.16. The summed E-state index contributed by atoms with van der Waals surface area (Å²) in [6, 6.07) is 6.00. The van der Waals surface area contributed by atoms with Crippen LogP contribution in [-0.4, -0.2) is 35.7 Å². The number of amides is 1. The Kier molecular flexibility index (Phi) is 6.35. The van der Waals surface area contributed by atoms with Crippen molar-refractivity contribution in [2.24, 2.45) is 11.3 Å². The van der Waals surface area contributed by atoms with Gasteiger partial charge in [0.25, 0.3) is 0 Å². The Bertz CT molecular complexity index is 793. The Morgan fingerprint density at radius 3 is 2.50 bits per heavy atom. The van der Waals surface area contributed by atoms with Crippen LogP contribution >= 0.6 is 11.3 Å². The highest BCUT2D eigenvalue weighted by atomic mass is 32.1. The molecular formula is C21H28FN3O2S. The second kappa shape index (κ2) is 8.57. The molecule has 1 amide bonds. The van der Waals surface area contributed by atoms with Crippen molar-refractivity contribution in [2.45, 2.75) is 40.2 Å². The van der Waals surface area contributed by atoms with Crippen LogP contribution in [0.1, 0.15) is 39.3 Å². The highest BCUT2D eigenvalue weighted by Gasteiger charge is 2.29. The molecule has 1 aliphatic heterocycles. The maximum absolute atomic E-state index is 13.3. The van der Waals surface area contributed by atoms with Gasteiger partial charge in [-0.2, -0.15) is 0 Å². The molecule has 0 bridgehead atoms. The zero-order valence-corrected chi connectivity index (χ0v) is 17.5. The third-order valence-corrected chi connectivity index (χ3v) is 5.98. The summed E-state index contributed by atoms with van der Waals surface area (Å²) in [4.78, 5) is 21.7. The number of rotatable bonds is 5. The van der Waals surface area contributed by atoms with Gasteiger partial charge in [-0.1, -0.05) is 20.8 Å². The zero-order valence-electron chi connectivity index (χ0n) is 16.7. The average molecular weight is 406 g/mol. The van der Waals surface area contributed by atoms with Crippen molar-refractivity contribution in [1.82, 2.24) is 4.98 Å². The Labute approximate surface area is 169 Å². The summed E-state index contributed by atoms with van der Waals surface area (Å²) in [6.45, 7) is 8.02. The van der Waals surface area contributed by atoms with E-state index in [0.29, 0.717) is 18.2 Å². The highest BCUT2D eigenvalue weighted by Crippen LogP contribution is 2.29. The first kappa shape index (κ1) is 20.7. The summed E-state index contributed by atoms with van der Waals surface area (Å²) in [6.07, 6.45) is 1.94. The number of aromatic nitrogens is 1. The molecule has 1 aromatic heterocycles. The van der Waals surface area contributed by atoms with Gasteiger partial charge in [0.1, 0.15) is 5.82 Å². The molecule has 0 radical (unpaired) electrons. The number of hydrogen-bond acceptors (Lipinski definition) is 5. The molecule has 0 spiro atoms. The van der Waals surface area contributed by atoms with Crippen LogP contribution in [0.15, 0.2) is 29.6 Å². The first-order valence-corrected chi connectivity index (χ1v) is 10.5. The third kappa shape index (κ3) is 4.89. The van der Waals surface area contributed by atoms with Gasteiger partial charge in [-0.25, -0.2) is 9.37 Å². The number of carbonyl (C=O) groups is 1. The van der Waals surface area contributed by atoms with E-state index in [9.17, 15) is 14.3 Å². The van der Waals surface area contributed by atoms with Crippen LogP contribution in [-0.2, 0) is 11.3 Å². The molecule has 1 fully saturated rings. The smallest absolute Gasteiger partial charge is 0.232 e. The molecule has 28 heavy (non-hydrogen) atoms. The maximum atomic E-state index is 13.3. The predicted molar refractivity (Wildman–Crippen MR) is 111 cm³/mol. The second-order valence-corrected chi connectivity index (χ2v) is 9.19. The quantitative estimate of drug-likeness (QED) is 0.815. The number of benzene rings is 1. The topological polar surface area (TPSA) is 56.7 Å². The van der Waals surface area contributed by atoms with Crippen LogP contribution in [0.2, 0.25) is 0 Å². The number of carbonyl (C=O) groups excluding carboxylic acids is 1. The van der Waals surface area contributed by atoms with Gasteiger partial charge in [-0.3, -0.25) is 4.79 Å².